The Balaban J connectivity index is 1.35. The first-order valence-electron chi connectivity index (χ1n) is 11.5. The number of Topliss-reactive ketones (excluding diaryl/α,β-unsaturated/α-hetero) is 1. The van der Waals surface area contributed by atoms with Crippen LogP contribution in [-0.2, 0) is 6.42 Å². The number of fused-ring (bicyclic) bond motifs is 1. The lowest BCUT2D eigenvalue weighted by molar-refractivity contribution is 0.0992. The minimum Gasteiger partial charge on any atom is -0.306 e. The van der Waals surface area contributed by atoms with Crippen LogP contribution in [0.3, 0.4) is 0 Å². The van der Waals surface area contributed by atoms with Crippen molar-refractivity contribution < 1.29 is 4.79 Å². The Morgan fingerprint density at radius 2 is 1.82 bits per heavy atom. The predicted molar refractivity (Wildman–Crippen MR) is 127 cm³/mol. The molecule has 4 aromatic rings. The van der Waals surface area contributed by atoms with E-state index in [-0.39, 0.29) is 18.2 Å². The normalized spacial score (nSPS) is 15.5. The highest BCUT2D eigenvalue weighted by atomic mass is 16.1. The van der Waals surface area contributed by atoms with Gasteiger partial charge in [-0.05, 0) is 59.0 Å². The SMILES string of the molecule is CC(C)n1cc(C(=O)Cc2cc3cc(-c4cnn(C5CCN(C)CC5)c4)cnc3cn2)cn1. The van der Waals surface area contributed by atoms with Crippen molar-refractivity contribution in [3.05, 3.63) is 60.6 Å². The fourth-order valence-corrected chi connectivity index (χ4v) is 4.31. The average Bonchev–Trinajstić information content (AvgIpc) is 3.50. The van der Waals surface area contributed by atoms with Gasteiger partial charge >= 0.3 is 0 Å². The van der Waals surface area contributed by atoms with Crippen LogP contribution in [0.1, 0.15) is 54.8 Å². The lowest BCUT2D eigenvalue weighted by Crippen LogP contribution is -2.31. The molecule has 0 aliphatic carbocycles. The van der Waals surface area contributed by atoms with Gasteiger partial charge in [-0.25, -0.2) is 0 Å². The molecule has 0 radical (unpaired) electrons. The van der Waals surface area contributed by atoms with E-state index in [2.05, 4.69) is 49.1 Å². The predicted octanol–water partition coefficient (Wildman–Crippen LogP) is 3.96. The molecule has 4 aromatic heterocycles. The van der Waals surface area contributed by atoms with Gasteiger partial charge in [-0.2, -0.15) is 10.2 Å². The summed E-state index contributed by atoms with van der Waals surface area (Å²) in [5.74, 6) is 0.0114. The first-order chi connectivity index (χ1) is 16.0. The molecule has 0 saturated carbocycles. The lowest BCUT2D eigenvalue weighted by Gasteiger charge is -2.28. The number of pyridine rings is 2. The Hall–Kier alpha value is -3.39. The summed E-state index contributed by atoms with van der Waals surface area (Å²) in [5, 5.41) is 9.87. The van der Waals surface area contributed by atoms with Gasteiger partial charge < -0.3 is 4.90 Å². The van der Waals surface area contributed by atoms with Gasteiger partial charge in [0.25, 0.3) is 0 Å². The number of hydrogen-bond acceptors (Lipinski definition) is 6. The van der Waals surface area contributed by atoms with E-state index in [1.165, 1.54) is 0 Å². The molecule has 1 fully saturated rings. The first kappa shape index (κ1) is 21.5. The molecule has 170 valence electrons. The zero-order valence-corrected chi connectivity index (χ0v) is 19.3. The molecule has 0 unspecified atom stereocenters. The number of likely N-dealkylation sites (tertiary alicyclic amines) is 1. The molecule has 0 amide bonds. The second kappa shape index (κ2) is 8.86. The molecule has 0 spiro atoms. The average molecular weight is 444 g/mol. The maximum Gasteiger partial charge on any atom is 0.171 e. The van der Waals surface area contributed by atoms with Crippen LogP contribution in [0.5, 0.6) is 0 Å². The topological polar surface area (TPSA) is 81.7 Å². The van der Waals surface area contributed by atoms with Crippen LogP contribution in [0, 0.1) is 0 Å². The third kappa shape index (κ3) is 4.57. The van der Waals surface area contributed by atoms with Gasteiger partial charge in [0.15, 0.2) is 5.78 Å². The maximum absolute atomic E-state index is 12.7. The van der Waals surface area contributed by atoms with Gasteiger partial charge in [-0.3, -0.25) is 24.1 Å². The molecular formula is C25H29N7O. The largest absolute Gasteiger partial charge is 0.306 e. The second-order valence-corrected chi connectivity index (χ2v) is 9.24. The smallest absolute Gasteiger partial charge is 0.171 e. The molecule has 0 atom stereocenters. The fraction of sp³-hybridized carbons (Fsp3) is 0.400. The minimum atomic E-state index is 0.0114. The molecule has 1 aliphatic heterocycles. The third-order valence-corrected chi connectivity index (χ3v) is 6.42. The summed E-state index contributed by atoms with van der Waals surface area (Å²) < 4.78 is 3.89. The highest BCUT2D eigenvalue weighted by molar-refractivity contribution is 5.97. The summed E-state index contributed by atoms with van der Waals surface area (Å²) in [5.41, 5.74) is 4.22. The van der Waals surface area contributed by atoms with Crippen molar-refractivity contribution in [1.82, 2.24) is 34.4 Å². The molecule has 33 heavy (non-hydrogen) atoms. The van der Waals surface area contributed by atoms with E-state index < -0.39 is 0 Å². The Kier molecular flexibility index (Phi) is 5.76. The summed E-state index contributed by atoms with van der Waals surface area (Å²) >= 11 is 0. The molecule has 0 aromatic carbocycles. The van der Waals surface area contributed by atoms with E-state index in [4.69, 9.17) is 0 Å². The van der Waals surface area contributed by atoms with Crippen LogP contribution < -0.4 is 0 Å². The Morgan fingerprint density at radius 3 is 2.58 bits per heavy atom. The molecule has 8 heteroatoms. The van der Waals surface area contributed by atoms with E-state index in [0.717, 1.165) is 53.7 Å². The summed E-state index contributed by atoms with van der Waals surface area (Å²) in [4.78, 5) is 24.1. The third-order valence-electron chi connectivity index (χ3n) is 6.42. The molecule has 0 bridgehead atoms. The van der Waals surface area contributed by atoms with Crippen LogP contribution in [0.2, 0.25) is 0 Å². The van der Waals surface area contributed by atoms with Crippen molar-refractivity contribution in [3.63, 3.8) is 0 Å². The number of carbonyl (C=O) groups excluding carboxylic acids is 1. The van der Waals surface area contributed by atoms with E-state index >= 15 is 0 Å². The molecule has 1 saturated heterocycles. The van der Waals surface area contributed by atoms with E-state index in [1.54, 1.807) is 23.3 Å². The van der Waals surface area contributed by atoms with Crippen molar-refractivity contribution in [2.45, 2.75) is 45.2 Å². The molecule has 8 nitrogen and oxygen atoms in total. The number of rotatable bonds is 6. The molecule has 5 rings (SSSR count). The molecule has 1 aliphatic rings. The van der Waals surface area contributed by atoms with Crippen molar-refractivity contribution >= 4 is 16.7 Å². The first-order valence-corrected chi connectivity index (χ1v) is 11.5. The Morgan fingerprint density at radius 1 is 1.00 bits per heavy atom. The van der Waals surface area contributed by atoms with E-state index in [9.17, 15) is 4.79 Å². The van der Waals surface area contributed by atoms with Crippen LogP contribution in [0.15, 0.2) is 49.3 Å². The number of hydrogen-bond donors (Lipinski definition) is 0. The van der Waals surface area contributed by atoms with Crippen LogP contribution in [0.4, 0.5) is 0 Å². The van der Waals surface area contributed by atoms with Gasteiger partial charge in [0.1, 0.15) is 0 Å². The van der Waals surface area contributed by atoms with Crippen LogP contribution in [0.25, 0.3) is 22.0 Å². The second-order valence-electron chi connectivity index (χ2n) is 9.24. The summed E-state index contributed by atoms with van der Waals surface area (Å²) in [6.45, 7) is 6.27. The lowest BCUT2D eigenvalue weighted by atomic mass is 10.1. The van der Waals surface area contributed by atoms with E-state index in [0.29, 0.717) is 11.6 Å². The van der Waals surface area contributed by atoms with Crippen molar-refractivity contribution in [2.24, 2.45) is 0 Å². The summed E-state index contributed by atoms with van der Waals surface area (Å²) in [6.07, 6.45) is 13.5. The van der Waals surface area contributed by atoms with Crippen LogP contribution >= 0.6 is 0 Å². The van der Waals surface area contributed by atoms with E-state index in [1.807, 2.05) is 32.3 Å². The standard InChI is InChI=1S/C25H29N7O/c1-17(2)31-16-21(13-28-31)25(33)10-22-9-18-8-19(11-27-24(18)14-26-22)20-12-29-32(15-20)23-4-6-30(3)7-5-23/h8-9,11-17,23H,4-7,10H2,1-3H3. The molecular weight excluding hydrogens is 414 g/mol. The highest BCUT2D eigenvalue weighted by Crippen LogP contribution is 2.26. The Labute approximate surface area is 193 Å². The van der Waals surface area contributed by atoms with Gasteiger partial charge in [-0.1, -0.05) is 0 Å². The maximum atomic E-state index is 12.7. The van der Waals surface area contributed by atoms with Gasteiger partial charge in [-0.15, -0.1) is 0 Å². The summed E-state index contributed by atoms with van der Waals surface area (Å²) in [7, 11) is 2.17. The molecule has 0 N–H and O–H groups in total. The van der Waals surface area contributed by atoms with Crippen LogP contribution in [-0.4, -0.2) is 60.3 Å². The number of piperidine rings is 1. The monoisotopic (exact) mass is 443 g/mol. The van der Waals surface area contributed by atoms with Crippen molar-refractivity contribution in [1.29, 1.82) is 0 Å². The fourth-order valence-electron chi connectivity index (χ4n) is 4.31. The van der Waals surface area contributed by atoms with Crippen molar-refractivity contribution in [3.8, 4) is 11.1 Å². The number of aromatic nitrogens is 6. The number of carbonyl (C=O) groups is 1. The quantitative estimate of drug-likeness (QED) is 0.420. The van der Waals surface area contributed by atoms with Gasteiger partial charge in [0, 0.05) is 46.8 Å². The minimum absolute atomic E-state index is 0.0114. The number of nitrogens with zero attached hydrogens (tertiary/aromatic N) is 7. The molecule has 5 heterocycles. The Bertz CT molecular complexity index is 1280. The summed E-state index contributed by atoms with van der Waals surface area (Å²) in [6, 6.07) is 4.73. The highest BCUT2D eigenvalue weighted by Gasteiger charge is 2.19. The van der Waals surface area contributed by atoms with Gasteiger partial charge in [0.05, 0.1) is 42.1 Å². The van der Waals surface area contributed by atoms with Gasteiger partial charge in [0.2, 0.25) is 0 Å². The van der Waals surface area contributed by atoms with Crippen molar-refractivity contribution in [2.75, 3.05) is 20.1 Å². The number of ketones is 1. The zero-order valence-electron chi connectivity index (χ0n) is 19.3. The zero-order chi connectivity index (χ0) is 22.9.